The highest BCUT2D eigenvalue weighted by Gasteiger charge is 2.27. The molecule has 1 amide bonds. The van der Waals surface area contributed by atoms with Gasteiger partial charge in [0.25, 0.3) is 5.91 Å². The van der Waals surface area contributed by atoms with Gasteiger partial charge in [0.1, 0.15) is 12.1 Å². The summed E-state index contributed by atoms with van der Waals surface area (Å²) >= 11 is 0. The number of carboxylic acid groups (broad SMARTS) is 1. The first-order chi connectivity index (χ1) is 11.8. The Kier molecular flexibility index (Phi) is 8.37. The van der Waals surface area contributed by atoms with Gasteiger partial charge in [-0.25, -0.2) is 4.79 Å². The van der Waals surface area contributed by atoms with Crippen molar-refractivity contribution < 1.29 is 19.8 Å². The number of carbonyl (C=O) groups is 2. The van der Waals surface area contributed by atoms with Crippen LogP contribution in [0.1, 0.15) is 18.4 Å². The number of aliphatic carboxylic acids is 1. The molecule has 0 spiro atoms. The number of aliphatic hydroxyl groups excluding tert-OH is 1. The topological polar surface area (TPSA) is 177 Å². The molecule has 0 aliphatic carbocycles. The molecule has 0 saturated carbocycles. The van der Waals surface area contributed by atoms with Crippen LogP contribution in [0.15, 0.2) is 35.3 Å². The first kappa shape index (κ1) is 20.4. The molecule has 1 rings (SSSR count). The summed E-state index contributed by atoms with van der Waals surface area (Å²) in [5, 5.41) is 21.5. The molecule has 1 aromatic rings. The van der Waals surface area contributed by atoms with Crippen molar-refractivity contribution in [2.75, 3.05) is 6.54 Å². The maximum absolute atomic E-state index is 12.1. The molecule has 9 N–H and O–H groups in total. The number of carboxylic acids is 1. The number of nitrogens with one attached hydrogen (secondary N) is 1. The van der Waals surface area contributed by atoms with E-state index in [9.17, 15) is 19.8 Å². The van der Waals surface area contributed by atoms with Crippen molar-refractivity contribution in [3.05, 3.63) is 35.9 Å². The van der Waals surface area contributed by atoms with Crippen molar-refractivity contribution in [3.8, 4) is 0 Å². The van der Waals surface area contributed by atoms with Gasteiger partial charge < -0.3 is 32.7 Å². The molecule has 1 aromatic carbocycles. The Bertz CT molecular complexity index is 589. The van der Waals surface area contributed by atoms with Crippen molar-refractivity contribution in [2.24, 2.45) is 22.2 Å². The quantitative estimate of drug-likeness (QED) is 0.169. The van der Waals surface area contributed by atoms with E-state index < -0.39 is 30.1 Å². The Morgan fingerprint density at radius 2 is 1.84 bits per heavy atom. The molecule has 0 aliphatic rings. The molecule has 9 heteroatoms. The lowest BCUT2D eigenvalue weighted by molar-refractivity contribution is -0.143. The van der Waals surface area contributed by atoms with Gasteiger partial charge in [-0.05, 0) is 24.8 Å². The summed E-state index contributed by atoms with van der Waals surface area (Å²) in [5.74, 6) is -2.11. The van der Waals surface area contributed by atoms with Crippen molar-refractivity contribution in [2.45, 2.75) is 37.5 Å². The number of hydrogen-bond donors (Lipinski definition) is 6. The zero-order chi connectivity index (χ0) is 18.8. The minimum Gasteiger partial charge on any atom is -0.480 e. The SMILES string of the molecule is NC(N)=NCCC[C@H](NC(=O)C(O)[C@H](N)Cc1ccccc1)C(=O)O. The maximum atomic E-state index is 12.1. The zero-order valence-corrected chi connectivity index (χ0v) is 13.8. The van der Waals surface area contributed by atoms with Gasteiger partial charge in [-0.1, -0.05) is 30.3 Å². The predicted octanol–water partition coefficient (Wildman–Crippen LogP) is -1.46. The highest BCUT2D eigenvalue weighted by Crippen LogP contribution is 2.06. The third-order valence-corrected chi connectivity index (χ3v) is 3.55. The molecule has 0 aromatic heterocycles. The molecule has 138 valence electrons. The Hall–Kier alpha value is -2.65. The monoisotopic (exact) mass is 351 g/mol. The van der Waals surface area contributed by atoms with E-state index in [-0.39, 0.29) is 25.3 Å². The Morgan fingerprint density at radius 1 is 1.20 bits per heavy atom. The molecule has 0 fully saturated rings. The second kappa shape index (κ2) is 10.3. The van der Waals surface area contributed by atoms with E-state index >= 15 is 0 Å². The Labute approximate surface area is 145 Å². The minimum atomic E-state index is -1.51. The Balaban J connectivity index is 2.54. The highest BCUT2D eigenvalue weighted by atomic mass is 16.4. The van der Waals surface area contributed by atoms with Crippen LogP contribution in [0.5, 0.6) is 0 Å². The van der Waals surface area contributed by atoms with E-state index in [1.165, 1.54) is 0 Å². The summed E-state index contributed by atoms with van der Waals surface area (Å²) < 4.78 is 0. The molecule has 0 aliphatic heterocycles. The van der Waals surface area contributed by atoms with E-state index in [0.717, 1.165) is 5.56 Å². The predicted molar refractivity (Wildman–Crippen MR) is 93.6 cm³/mol. The van der Waals surface area contributed by atoms with Crippen molar-refractivity contribution in [3.63, 3.8) is 0 Å². The Morgan fingerprint density at radius 3 is 2.40 bits per heavy atom. The normalized spacial score (nSPS) is 14.2. The number of hydrogen-bond acceptors (Lipinski definition) is 5. The lowest BCUT2D eigenvalue weighted by Gasteiger charge is -2.21. The van der Waals surface area contributed by atoms with E-state index in [1.807, 2.05) is 30.3 Å². The largest absolute Gasteiger partial charge is 0.480 e. The molecule has 0 bridgehead atoms. The van der Waals surface area contributed by atoms with E-state index in [1.54, 1.807) is 0 Å². The molecule has 3 atom stereocenters. The number of carbonyl (C=O) groups excluding carboxylic acids is 1. The number of nitrogens with zero attached hydrogens (tertiary/aromatic N) is 1. The minimum absolute atomic E-state index is 0.0850. The smallest absolute Gasteiger partial charge is 0.326 e. The fourth-order valence-corrected chi connectivity index (χ4v) is 2.21. The van der Waals surface area contributed by atoms with Gasteiger partial charge in [-0.3, -0.25) is 9.79 Å². The van der Waals surface area contributed by atoms with Gasteiger partial charge in [0.05, 0.1) is 0 Å². The maximum Gasteiger partial charge on any atom is 0.326 e. The van der Waals surface area contributed by atoms with Crippen molar-refractivity contribution in [1.82, 2.24) is 5.32 Å². The lowest BCUT2D eigenvalue weighted by Crippen LogP contribution is -2.52. The second-order valence-corrected chi connectivity index (χ2v) is 5.65. The number of rotatable bonds is 10. The summed E-state index contributed by atoms with van der Waals surface area (Å²) in [4.78, 5) is 27.0. The van der Waals surface area contributed by atoms with Crippen molar-refractivity contribution in [1.29, 1.82) is 0 Å². The molecular weight excluding hydrogens is 326 g/mol. The van der Waals surface area contributed by atoms with Crippen molar-refractivity contribution >= 4 is 17.8 Å². The molecule has 1 unspecified atom stereocenters. The summed E-state index contributed by atoms with van der Waals surface area (Å²) in [6, 6.07) is 7.15. The average Bonchev–Trinajstić information content (AvgIpc) is 2.57. The standard InChI is InChI=1S/C16H25N5O4/c17-11(9-10-5-2-1-3-6-10)13(22)14(23)21-12(15(24)25)7-4-8-20-16(18)19/h1-3,5-6,11-13,22H,4,7-9,17H2,(H,21,23)(H,24,25)(H4,18,19,20)/t11-,12+,13?/m1/s1. The van der Waals surface area contributed by atoms with Crippen LogP contribution in [0.4, 0.5) is 0 Å². The van der Waals surface area contributed by atoms with Gasteiger partial charge in [-0.2, -0.15) is 0 Å². The van der Waals surface area contributed by atoms with E-state index in [0.29, 0.717) is 6.42 Å². The van der Waals surface area contributed by atoms with Crippen LogP contribution in [-0.4, -0.2) is 52.8 Å². The number of guanidine groups is 1. The first-order valence-corrected chi connectivity index (χ1v) is 7.87. The molecule has 0 heterocycles. The van der Waals surface area contributed by atoms with Gasteiger partial charge in [0, 0.05) is 12.6 Å². The number of nitrogens with two attached hydrogens (primary N) is 3. The van der Waals surface area contributed by atoms with Crippen LogP contribution in [0, 0.1) is 0 Å². The average molecular weight is 351 g/mol. The highest BCUT2D eigenvalue weighted by molar-refractivity contribution is 5.86. The summed E-state index contributed by atoms with van der Waals surface area (Å²) in [7, 11) is 0. The number of aliphatic hydroxyl groups is 1. The van der Waals surface area contributed by atoms with Gasteiger partial charge in [0.2, 0.25) is 0 Å². The zero-order valence-electron chi connectivity index (χ0n) is 13.8. The van der Waals surface area contributed by atoms with Gasteiger partial charge >= 0.3 is 5.97 Å². The fourth-order valence-electron chi connectivity index (χ4n) is 2.21. The third-order valence-electron chi connectivity index (χ3n) is 3.55. The van der Waals surface area contributed by atoms with E-state index in [4.69, 9.17) is 17.2 Å². The van der Waals surface area contributed by atoms with Crippen LogP contribution in [0.25, 0.3) is 0 Å². The molecule has 25 heavy (non-hydrogen) atoms. The van der Waals surface area contributed by atoms with Crippen LogP contribution in [0.3, 0.4) is 0 Å². The van der Waals surface area contributed by atoms with Gasteiger partial charge in [-0.15, -0.1) is 0 Å². The lowest BCUT2D eigenvalue weighted by atomic mass is 10.0. The molecule has 0 radical (unpaired) electrons. The third kappa shape index (κ3) is 7.64. The van der Waals surface area contributed by atoms with E-state index in [2.05, 4.69) is 10.3 Å². The summed E-state index contributed by atoms with van der Waals surface area (Å²) in [6.45, 7) is 0.248. The molecular formula is C16H25N5O4. The van der Waals surface area contributed by atoms with Gasteiger partial charge in [0.15, 0.2) is 5.96 Å². The van der Waals surface area contributed by atoms with Crippen LogP contribution >= 0.6 is 0 Å². The fraction of sp³-hybridized carbons (Fsp3) is 0.438. The van der Waals surface area contributed by atoms with Crippen LogP contribution < -0.4 is 22.5 Å². The van der Waals surface area contributed by atoms with Crippen LogP contribution in [0.2, 0.25) is 0 Å². The van der Waals surface area contributed by atoms with Crippen LogP contribution in [-0.2, 0) is 16.0 Å². The molecule has 9 nitrogen and oxygen atoms in total. The summed E-state index contributed by atoms with van der Waals surface area (Å²) in [5.41, 5.74) is 17.1. The second-order valence-electron chi connectivity index (χ2n) is 5.65. The summed E-state index contributed by atoms with van der Waals surface area (Å²) in [6.07, 6.45) is -0.739. The number of amides is 1. The number of benzene rings is 1. The first-order valence-electron chi connectivity index (χ1n) is 7.87. The number of aliphatic imine (C=N–C) groups is 1. The molecule has 0 saturated heterocycles.